The lowest BCUT2D eigenvalue weighted by molar-refractivity contribution is -0.141. The summed E-state index contributed by atoms with van der Waals surface area (Å²) in [4.78, 5) is 13.9. The van der Waals surface area contributed by atoms with Crippen LogP contribution in [-0.4, -0.2) is 41.2 Å². The minimum absolute atomic E-state index is 0.0306. The average molecular weight is 583 g/mol. The van der Waals surface area contributed by atoms with Gasteiger partial charge in [-0.3, -0.25) is 0 Å². The van der Waals surface area contributed by atoms with E-state index >= 15 is 0 Å². The van der Waals surface area contributed by atoms with Crippen LogP contribution >= 0.6 is 0 Å². The SMILES string of the molecule is CS(=O)(=O)c1cc([C@H]2CCCCO2)ccc1Nc1cc(Nc2cccc(C(F)(F)F)n2)nc2[nH]c(C(F)F)nc12. The van der Waals surface area contributed by atoms with E-state index in [0.717, 1.165) is 37.7 Å². The lowest BCUT2D eigenvalue weighted by Gasteiger charge is -2.24. The van der Waals surface area contributed by atoms with E-state index in [0.29, 0.717) is 12.2 Å². The molecule has 1 aliphatic rings. The summed E-state index contributed by atoms with van der Waals surface area (Å²) in [6, 6.07) is 9.30. The number of aromatic amines is 1. The number of hydrogen-bond donors (Lipinski definition) is 3. The van der Waals surface area contributed by atoms with E-state index in [4.69, 9.17) is 4.74 Å². The van der Waals surface area contributed by atoms with Gasteiger partial charge in [0.15, 0.2) is 21.3 Å². The van der Waals surface area contributed by atoms with Crippen molar-refractivity contribution in [1.29, 1.82) is 0 Å². The second kappa shape index (κ2) is 10.6. The zero-order valence-electron chi connectivity index (χ0n) is 20.9. The molecule has 0 unspecified atom stereocenters. The van der Waals surface area contributed by atoms with Crippen LogP contribution in [-0.2, 0) is 20.8 Å². The van der Waals surface area contributed by atoms with Crippen LogP contribution < -0.4 is 10.6 Å². The number of imidazole rings is 1. The van der Waals surface area contributed by atoms with Crippen LogP contribution in [0.4, 0.5) is 45.0 Å². The lowest BCUT2D eigenvalue weighted by atomic mass is 10.0. The fourth-order valence-electron chi connectivity index (χ4n) is 4.36. The minimum atomic E-state index is -4.69. The zero-order valence-corrected chi connectivity index (χ0v) is 21.7. The van der Waals surface area contributed by atoms with Gasteiger partial charge in [-0.25, -0.2) is 32.2 Å². The number of halogens is 5. The van der Waals surface area contributed by atoms with Crippen molar-refractivity contribution in [2.75, 3.05) is 23.5 Å². The van der Waals surface area contributed by atoms with E-state index in [-0.39, 0.29) is 45.2 Å². The van der Waals surface area contributed by atoms with Gasteiger partial charge in [0.1, 0.15) is 22.8 Å². The molecule has 0 radical (unpaired) electrons. The maximum atomic E-state index is 13.4. The van der Waals surface area contributed by atoms with Gasteiger partial charge in [-0.05, 0) is 49.1 Å². The number of nitrogens with zero attached hydrogens (tertiary/aromatic N) is 3. The van der Waals surface area contributed by atoms with Crippen LogP contribution in [0, 0.1) is 0 Å². The molecule has 1 atom stereocenters. The summed E-state index contributed by atoms with van der Waals surface area (Å²) >= 11 is 0. The third-order valence-corrected chi connectivity index (χ3v) is 7.34. The molecule has 1 saturated heterocycles. The summed E-state index contributed by atoms with van der Waals surface area (Å²) in [6.45, 7) is 0.565. The summed E-state index contributed by atoms with van der Waals surface area (Å²) < 4.78 is 97.5. The predicted octanol–water partition coefficient (Wildman–Crippen LogP) is 6.44. The second-order valence-corrected chi connectivity index (χ2v) is 11.2. The molecule has 0 bridgehead atoms. The predicted molar refractivity (Wildman–Crippen MR) is 137 cm³/mol. The molecule has 1 fully saturated rings. The number of anilines is 4. The molecule has 9 nitrogen and oxygen atoms in total. The van der Waals surface area contributed by atoms with Crippen molar-refractivity contribution in [3.8, 4) is 0 Å². The molecule has 0 aliphatic carbocycles. The van der Waals surface area contributed by atoms with E-state index in [1.807, 2.05) is 0 Å². The summed E-state index contributed by atoms with van der Waals surface area (Å²) in [7, 11) is -3.77. The number of ether oxygens (including phenoxy) is 1. The fourth-order valence-corrected chi connectivity index (χ4v) is 5.23. The Bertz CT molecular complexity index is 1650. The fraction of sp³-hybridized carbons (Fsp3) is 0.320. The van der Waals surface area contributed by atoms with Gasteiger partial charge in [-0.1, -0.05) is 12.1 Å². The number of alkyl halides is 5. The third kappa shape index (κ3) is 5.99. The highest BCUT2D eigenvalue weighted by Gasteiger charge is 2.32. The Balaban J connectivity index is 1.56. The molecule has 0 saturated carbocycles. The Morgan fingerprint density at radius 1 is 1.00 bits per heavy atom. The van der Waals surface area contributed by atoms with Crippen molar-refractivity contribution in [3.63, 3.8) is 0 Å². The number of nitrogens with one attached hydrogen (secondary N) is 3. The first-order valence-corrected chi connectivity index (χ1v) is 14.0. The standard InChI is InChI=1S/C25H23F5N6O3S/c1-40(37,38)17-11-13(16-5-2-3-10-39-16)8-9-14(17)31-15-12-20(34-23-21(15)35-24(36-23)22(26)27)33-19-7-4-6-18(32-19)25(28,29)30/h4,6-9,11-12,16,22H,2-3,5,10H2,1H3,(H3,31,32,33,34,35,36)/t16-/m1/s1. The number of sulfone groups is 1. The molecule has 3 N–H and O–H groups in total. The highest BCUT2D eigenvalue weighted by molar-refractivity contribution is 7.90. The minimum Gasteiger partial charge on any atom is -0.374 e. The summed E-state index contributed by atoms with van der Waals surface area (Å²) in [5, 5.41) is 5.58. The summed E-state index contributed by atoms with van der Waals surface area (Å²) in [6.07, 6.45) is -4.27. The van der Waals surface area contributed by atoms with Crippen LogP contribution in [0.5, 0.6) is 0 Å². The van der Waals surface area contributed by atoms with Crippen molar-refractivity contribution in [2.24, 2.45) is 0 Å². The Kier molecular flexibility index (Phi) is 7.35. The van der Waals surface area contributed by atoms with E-state index < -0.39 is 34.0 Å². The van der Waals surface area contributed by atoms with E-state index in [1.54, 1.807) is 6.07 Å². The zero-order chi connectivity index (χ0) is 28.7. The molecule has 40 heavy (non-hydrogen) atoms. The van der Waals surface area contributed by atoms with Gasteiger partial charge < -0.3 is 20.4 Å². The number of fused-ring (bicyclic) bond motifs is 1. The first kappa shape index (κ1) is 27.7. The topological polar surface area (TPSA) is 122 Å². The van der Waals surface area contributed by atoms with Gasteiger partial charge in [-0.15, -0.1) is 0 Å². The number of aromatic nitrogens is 4. The largest absolute Gasteiger partial charge is 0.433 e. The van der Waals surface area contributed by atoms with E-state index in [9.17, 15) is 30.4 Å². The number of benzene rings is 1. The summed E-state index contributed by atoms with van der Waals surface area (Å²) in [5.74, 6) is -0.942. The first-order valence-electron chi connectivity index (χ1n) is 12.1. The van der Waals surface area contributed by atoms with Crippen LogP contribution in [0.1, 0.15) is 48.9 Å². The number of H-pyrrole nitrogens is 1. The molecule has 4 aromatic rings. The lowest BCUT2D eigenvalue weighted by Crippen LogP contribution is -2.13. The van der Waals surface area contributed by atoms with Crippen LogP contribution in [0.3, 0.4) is 0 Å². The monoisotopic (exact) mass is 582 g/mol. The Morgan fingerprint density at radius 3 is 2.48 bits per heavy atom. The van der Waals surface area contributed by atoms with Crippen molar-refractivity contribution < 1.29 is 35.1 Å². The normalized spacial score (nSPS) is 16.4. The molecule has 1 aliphatic heterocycles. The molecule has 5 rings (SSSR count). The van der Waals surface area contributed by atoms with Crippen molar-refractivity contribution in [1.82, 2.24) is 19.9 Å². The average Bonchev–Trinajstić information content (AvgIpc) is 3.34. The van der Waals surface area contributed by atoms with E-state index in [2.05, 4.69) is 30.6 Å². The quantitative estimate of drug-likeness (QED) is 0.213. The van der Waals surface area contributed by atoms with Crippen LogP contribution in [0.15, 0.2) is 47.4 Å². The van der Waals surface area contributed by atoms with Crippen LogP contribution in [0.2, 0.25) is 0 Å². The van der Waals surface area contributed by atoms with Gasteiger partial charge in [0.2, 0.25) is 0 Å². The highest BCUT2D eigenvalue weighted by Crippen LogP contribution is 2.36. The van der Waals surface area contributed by atoms with Crippen molar-refractivity contribution >= 4 is 44.0 Å². The van der Waals surface area contributed by atoms with Gasteiger partial charge in [0.25, 0.3) is 6.43 Å². The van der Waals surface area contributed by atoms with Crippen LogP contribution in [0.25, 0.3) is 11.2 Å². The van der Waals surface area contributed by atoms with Crippen molar-refractivity contribution in [3.05, 3.63) is 59.5 Å². The molecular formula is C25H23F5N6O3S. The highest BCUT2D eigenvalue weighted by atomic mass is 32.2. The number of rotatable bonds is 7. The van der Waals surface area contributed by atoms with Gasteiger partial charge in [0, 0.05) is 18.9 Å². The molecule has 1 aromatic carbocycles. The molecular weight excluding hydrogens is 559 g/mol. The van der Waals surface area contributed by atoms with Gasteiger partial charge >= 0.3 is 6.18 Å². The number of pyridine rings is 2. The number of hydrogen-bond acceptors (Lipinski definition) is 8. The molecule has 0 amide bonds. The van der Waals surface area contributed by atoms with Crippen molar-refractivity contribution in [2.45, 2.75) is 42.9 Å². The maximum absolute atomic E-state index is 13.4. The molecule has 212 valence electrons. The smallest absolute Gasteiger partial charge is 0.374 e. The molecule has 0 spiro atoms. The molecule has 4 heterocycles. The summed E-state index contributed by atoms with van der Waals surface area (Å²) in [5.41, 5.74) is -0.380. The Morgan fingerprint density at radius 2 is 1.80 bits per heavy atom. The second-order valence-electron chi connectivity index (χ2n) is 9.21. The third-order valence-electron chi connectivity index (χ3n) is 6.20. The van der Waals surface area contributed by atoms with E-state index in [1.165, 1.54) is 24.3 Å². The molecule has 3 aromatic heterocycles. The maximum Gasteiger partial charge on any atom is 0.433 e. The Hall–Kier alpha value is -3.85. The van der Waals surface area contributed by atoms with Gasteiger partial charge in [0.05, 0.1) is 22.4 Å². The van der Waals surface area contributed by atoms with Gasteiger partial charge in [-0.2, -0.15) is 13.2 Å². The Labute approximate surface area is 225 Å². The first-order chi connectivity index (χ1) is 18.9. The molecule has 15 heteroatoms.